The molecule has 1 heterocycles. The number of hydrogen-bond acceptors (Lipinski definition) is 0. The van der Waals surface area contributed by atoms with Crippen molar-refractivity contribution >= 4 is 22.7 Å². The molecule has 1 aliphatic rings. The van der Waals surface area contributed by atoms with Gasteiger partial charge in [-0.15, -0.1) is 16.4 Å². The van der Waals surface area contributed by atoms with Crippen LogP contribution in [0, 0.1) is 0 Å². The maximum absolute atomic E-state index is 3.70. The zero-order chi connectivity index (χ0) is 29.9. The largest absolute Gasteiger partial charge is 0.662 e. The minimum Gasteiger partial charge on any atom is -0.662 e. The first kappa shape index (κ1) is 27.9. The SMILES string of the molecule is CC1=C(c2ccc(-c3ccccc3)cc2)[B-](c2ccc(-c3ccccc3)cc2)(c2ccc(-c3ccccc3)cc2)[O+](C)CC1. The van der Waals surface area contributed by atoms with Crippen molar-refractivity contribution in [2.75, 3.05) is 13.7 Å². The Labute approximate surface area is 261 Å². The quantitative estimate of drug-likeness (QED) is 0.139. The molecule has 0 aliphatic carbocycles. The van der Waals surface area contributed by atoms with Crippen molar-refractivity contribution in [3.63, 3.8) is 0 Å². The molecule has 6 aromatic rings. The minimum absolute atomic E-state index is 0.929. The van der Waals surface area contributed by atoms with Crippen molar-refractivity contribution in [2.45, 2.75) is 13.3 Å². The van der Waals surface area contributed by atoms with Crippen molar-refractivity contribution in [3.05, 3.63) is 175 Å². The molecule has 0 unspecified atom stereocenters. The van der Waals surface area contributed by atoms with Gasteiger partial charge in [-0.3, -0.25) is 0 Å². The molecule has 0 atom stereocenters. The van der Waals surface area contributed by atoms with E-state index in [1.165, 1.54) is 60.9 Å². The van der Waals surface area contributed by atoms with Crippen LogP contribution >= 0.6 is 0 Å². The van der Waals surface area contributed by atoms with Gasteiger partial charge in [0.25, 0.3) is 0 Å². The van der Waals surface area contributed by atoms with Crippen molar-refractivity contribution in [1.29, 1.82) is 0 Å². The summed E-state index contributed by atoms with van der Waals surface area (Å²) in [6.07, 6.45) is -0.480. The normalized spacial score (nSPS) is 14.9. The average molecular weight is 569 g/mol. The van der Waals surface area contributed by atoms with Gasteiger partial charge in [0.2, 0.25) is 0 Å². The highest BCUT2D eigenvalue weighted by molar-refractivity contribution is 7.11. The van der Waals surface area contributed by atoms with E-state index in [0.717, 1.165) is 13.0 Å². The summed E-state index contributed by atoms with van der Waals surface area (Å²) in [5.41, 5.74) is 14.2. The molecule has 0 bridgehead atoms. The highest BCUT2D eigenvalue weighted by Gasteiger charge is 2.48. The topological polar surface area (TPSA) is 2.70 Å². The Morgan fingerprint density at radius 2 is 0.727 bits per heavy atom. The van der Waals surface area contributed by atoms with Gasteiger partial charge in [-0.05, 0) is 40.3 Å². The van der Waals surface area contributed by atoms with E-state index in [2.05, 4.69) is 182 Å². The van der Waals surface area contributed by atoms with E-state index in [9.17, 15) is 0 Å². The summed E-state index contributed by atoms with van der Waals surface area (Å²) in [5.74, 6) is 0. The van der Waals surface area contributed by atoms with Gasteiger partial charge in [0, 0.05) is 6.42 Å². The van der Waals surface area contributed by atoms with Crippen LogP contribution in [-0.2, 0) is 4.28 Å². The van der Waals surface area contributed by atoms with E-state index < -0.39 is 6.35 Å². The zero-order valence-corrected chi connectivity index (χ0v) is 25.5. The standard InChI is InChI=1S/C42H37BO/c1-32-30-31-44(2)43(40-26-22-37(23-27-40)34-14-8-4-9-15-34,41-28-24-38(25-29-41)35-16-10-5-11-17-35)42(32)39-20-18-36(19-21-39)33-12-6-3-7-13-33/h3-29H,30-31H2,1-2H3. The Bertz CT molecular complexity index is 1790. The third-order valence-electron chi connectivity index (χ3n) is 9.55. The predicted molar refractivity (Wildman–Crippen MR) is 190 cm³/mol. The van der Waals surface area contributed by atoms with Crippen LogP contribution in [0.25, 0.3) is 38.9 Å². The van der Waals surface area contributed by atoms with Gasteiger partial charge in [0.05, 0.1) is 7.11 Å². The van der Waals surface area contributed by atoms with Crippen LogP contribution in [0.1, 0.15) is 18.9 Å². The molecule has 0 N–H and O–H groups in total. The third-order valence-corrected chi connectivity index (χ3v) is 9.55. The smallest absolute Gasteiger partial charge is 0.377 e. The van der Waals surface area contributed by atoms with Crippen molar-refractivity contribution in [2.24, 2.45) is 0 Å². The highest BCUT2D eigenvalue weighted by atomic mass is 16.6. The predicted octanol–water partition coefficient (Wildman–Crippen LogP) is 9.35. The fourth-order valence-electron chi connectivity index (χ4n) is 7.27. The lowest BCUT2D eigenvalue weighted by Crippen LogP contribution is -2.68. The van der Waals surface area contributed by atoms with Crippen LogP contribution in [-0.4, -0.2) is 20.1 Å². The summed E-state index contributed by atoms with van der Waals surface area (Å²) < 4.78 is 3.70. The van der Waals surface area contributed by atoms with E-state index >= 15 is 0 Å². The molecule has 0 saturated carbocycles. The van der Waals surface area contributed by atoms with E-state index in [0.29, 0.717) is 0 Å². The Morgan fingerprint density at radius 1 is 0.409 bits per heavy atom. The van der Waals surface area contributed by atoms with Crippen molar-refractivity contribution in [3.8, 4) is 33.4 Å². The summed E-state index contributed by atoms with van der Waals surface area (Å²) in [7, 11) is 2.24. The monoisotopic (exact) mass is 568 g/mol. The molecular weight excluding hydrogens is 531 g/mol. The number of rotatable bonds is 6. The lowest BCUT2D eigenvalue weighted by atomic mass is 9.25. The van der Waals surface area contributed by atoms with E-state index in [1.807, 2.05) is 0 Å². The van der Waals surface area contributed by atoms with Crippen LogP contribution in [0.3, 0.4) is 0 Å². The maximum Gasteiger partial charge on any atom is 0.377 e. The molecule has 0 spiro atoms. The molecule has 2 heteroatoms. The molecular formula is C42H37BO. The maximum atomic E-state index is 3.70. The molecule has 214 valence electrons. The first-order chi connectivity index (χ1) is 21.6. The first-order valence-corrected chi connectivity index (χ1v) is 15.6. The Kier molecular flexibility index (Phi) is 7.60. The molecule has 7 rings (SSSR count). The number of benzene rings is 6. The average Bonchev–Trinajstić information content (AvgIpc) is 3.11. The Morgan fingerprint density at radius 3 is 1.11 bits per heavy atom. The van der Waals surface area contributed by atoms with Crippen LogP contribution in [0.4, 0.5) is 0 Å². The second-order valence-electron chi connectivity index (χ2n) is 12.0. The van der Waals surface area contributed by atoms with E-state index in [4.69, 9.17) is 0 Å². The van der Waals surface area contributed by atoms with Gasteiger partial charge >= 0.3 is 6.35 Å². The zero-order valence-electron chi connectivity index (χ0n) is 25.5. The summed E-state index contributed by atoms with van der Waals surface area (Å²) in [6, 6.07) is 59.8. The summed E-state index contributed by atoms with van der Waals surface area (Å²) in [5, 5.41) is 0. The van der Waals surface area contributed by atoms with Gasteiger partial charge < -0.3 is 4.28 Å². The molecule has 1 nitrogen and oxygen atoms in total. The molecule has 44 heavy (non-hydrogen) atoms. The second kappa shape index (κ2) is 12.0. The van der Waals surface area contributed by atoms with Crippen LogP contribution in [0.2, 0.25) is 0 Å². The minimum atomic E-state index is -1.50. The van der Waals surface area contributed by atoms with Gasteiger partial charge in [-0.2, -0.15) is 0 Å². The molecule has 0 amide bonds. The van der Waals surface area contributed by atoms with Crippen LogP contribution in [0.15, 0.2) is 169 Å². The van der Waals surface area contributed by atoms with Crippen LogP contribution < -0.4 is 10.9 Å². The third kappa shape index (κ3) is 5.02. The van der Waals surface area contributed by atoms with Crippen LogP contribution in [0.5, 0.6) is 0 Å². The second-order valence-corrected chi connectivity index (χ2v) is 12.0. The fourth-order valence-corrected chi connectivity index (χ4v) is 7.27. The van der Waals surface area contributed by atoms with Crippen molar-refractivity contribution < 1.29 is 4.28 Å². The van der Waals surface area contributed by atoms with Gasteiger partial charge in [0.15, 0.2) is 0 Å². The lowest BCUT2D eigenvalue weighted by Gasteiger charge is -2.52. The molecule has 0 aromatic heterocycles. The molecule has 1 aliphatic heterocycles. The Balaban J connectivity index is 1.41. The van der Waals surface area contributed by atoms with Gasteiger partial charge in [0.1, 0.15) is 6.61 Å². The Hall–Kier alpha value is -4.92. The number of hydrogen-bond donors (Lipinski definition) is 0. The van der Waals surface area contributed by atoms with E-state index in [-0.39, 0.29) is 0 Å². The molecule has 6 aromatic carbocycles. The highest BCUT2D eigenvalue weighted by Crippen LogP contribution is 2.39. The summed E-state index contributed by atoms with van der Waals surface area (Å²) in [4.78, 5) is 0. The molecule has 0 saturated heterocycles. The fraction of sp³-hybridized carbons (Fsp3) is 0.0952. The molecule has 0 fully saturated rings. The van der Waals surface area contributed by atoms with Gasteiger partial charge in [-0.1, -0.05) is 175 Å². The first-order valence-electron chi connectivity index (χ1n) is 15.6. The molecule has 0 radical (unpaired) electrons. The summed E-state index contributed by atoms with van der Waals surface area (Å²) in [6.45, 7) is 3.26. The lowest BCUT2D eigenvalue weighted by molar-refractivity contribution is 0.0548. The van der Waals surface area contributed by atoms with Crippen molar-refractivity contribution in [1.82, 2.24) is 0 Å². The summed E-state index contributed by atoms with van der Waals surface area (Å²) >= 11 is 0. The van der Waals surface area contributed by atoms with E-state index in [1.54, 1.807) is 0 Å². The van der Waals surface area contributed by atoms with Gasteiger partial charge in [-0.25, -0.2) is 0 Å².